The van der Waals surface area contributed by atoms with Gasteiger partial charge in [0.1, 0.15) is 11.6 Å². The van der Waals surface area contributed by atoms with Gasteiger partial charge in [-0.15, -0.1) is 0 Å². The van der Waals surface area contributed by atoms with Crippen molar-refractivity contribution in [2.45, 2.75) is 12.8 Å². The number of aryl methyl sites for hydroxylation is 1. The molecule has 1 aliphatic rings. The molecule has 0 saturated carbocycles. The molecule has 0 atom stereocenters. The number of amides is 1. The SMILES string of the molecule is COc1ccc(N2CCN(C)CC2)cc1NC(=O)CCc1ccccc1F. The fourth-order valence-corrected chi connectivity index (χ4v) is 3.22. The van der Waals surface area contributed by atoms with Crippen molar-refractivity contribution in [1.82, 2.24) is 4.90 Å². The smallest absolute Gasteiger partial charge is 0.224 e. The molecule has 1 saturated heterocycles. The molecule has 2 aromatic rings. The number of likely N-dealkylation sites (N-methyl/N-ethyl adjacent to an activating group) is 1. The number of hydrogen-bond donors (Lipinski definition) is 1. The minimum atomic E-state index is -0.278. The maximum absolute atomic E-state index is 13.7. The fraction of sp³-hybridized carbons (Fsp3) is 0.381. The summed E-state index contributed by atoms with van der Waals surface area (Å²) in [6.07, 6.45) is 0.571. The third kappa shape index (κ3) is 4.98. The van der Waals surface area contributed by atoms with Crippen molar-refractivity contribution in [2.24, 2.45) is 0 Å². The highest BCUT2D eigenvalue weighted by Crippen LogP contribution is 2.30. The van der Waals surface area contributed by atoms with Gasteiger partial charge < -0.3 is 19.9 Å². The zero-order chi connectivity index (χ0) is 19.2. The number of piperazine rings is 1. The number of carbonyl (C=O) groups excluding carboxylic acids is 1. The van der Waals surface area contributed by atoms with Crippen LogP contribution in [0.5, 0.6) is 5.75 Å². The minimum absolute atomic E-state index is 0.160. The number of halogens is 1. The second kappa shape index (κ2) is 8.86. The number of carbonyl (C=O) groups is 1. The second-order valence-corrected chi connectivity index (χ2v) is 6.81. The van der Waals surface area contributed by atoms with Gasteiger partial charge >= 0.3 is 0 Å². The Kier molecular flexibility index (Phi) is 6.29. The average Bonchev–Trinajstić information content (AvgIpc) is 2.68. The predicted octanol–water partition coefficient (Wildman–Crippen LogP) is 3.16. The topological polar surface area (TPSA) is 44.8 Å². The van der Waals surface area contributed by atoms with Crippen molar-refractivity contribution in [1.29, 1.82) is 0 Å². The highest BCUT2D eigenvalue weighted by Gasteiger charge is 2.17. The first-order chi connectivity index (χ1) is 13.1. The third-order valence-corrected chi connectivity index (χ3v) is 4.90. The molecular formula is C21H26FN3O2. The van der Waals surface area contributed by atoms with Crippen LogP contribution in [-0.2, 0) is 11.2 Å². The average molecular weight is 371 g/mol. The van der Waals surface area contributed by atoms with Crippen LogP contribution >= 0.6 is 0 Å². The minimum Gasteiger partial charge on any atom is -0.495 e. The lowest BCUT2D eigenvalue weighted by Crippen LogP contribution is -2.44. The molecule has 6 heteroatoms. The van der Waals surface area contributed by atoms with E-state index >= 15 is 0 Å². The van der Waals surface area contributed by atoms with Gasteiger partial charge in [0.05, 0.1) is 12.8 Å². The van der Waals surface area contributed by atoms with Crippen molar-refractivity contribution < 1.29 is 13.9 Å². The van der Waals surface area contributed by atoms with Crippen molar-refractivity contribution in [2.75, 3.05) is 50.6 Å². The third-order valence-electron chi connectivity index (χ3n) is 4.90. The molecule has 144 valence electrons. The molecule has 0 aromatic heterocycles. The maximum Gasteiger partial charge on any atom is 0.224 e. The van der Waals surface area contributed by atoms with E-state index in [9.17, 15) is 9.18 Å². The Morgan fingerprint density at radius 2 is 1.89 bits per heavy atom. The number of benzene rings is 2. The second-order valence-electron chi connectivity index (χ2n) is 6.81. The van der Waals surface area contributed by atoms with E-state index in [0.29, 0.717) is 23.4 Å². The summed E-state index contributed by atoms with van der Waals surface area (Å²) in [5.74, 6) is 0.180. The molecule has 2 aromatic carbocycles. The number of rotatable bonds is 6. The predicted molar refractivity (Wildman–Crippen MR) is 106 cm³/mol. The Hall–Kier alpha value is -2.60. The molecule has 1 heterocycles. The van der Waals surface area contributed by atoms with E-state index in [0.717, 1.165) is 31.9 Å². The molecule has 0 bridgehead atoms. The zero-order valence-corrected chi connectivity index (χ0v) is 15.9. The number of methoxy groups -OCH3 is 1. The van der Waals surface area contributed by atoms with Crippen LogP contribution in [0.25, 0.3) is 0 Å². The summed E-state index contributed by atoms with van der Waals surface area (Å²) in [7, 11) is 3.70. The zero-order valence-electron chi connectivity index (χ0n) is 15.9. The number of nitrogens with zero attached hydrogens (tertiary/aromatic N) is 2. The molecule has 5 nitrogen and oxygen atoms in total. The Morgan fingerprint density at radius 1 is 1.15 bits per heavy atom. The van der Waals surface area contributed by atoms with E-state index in [1.54, 1.807) is 25.3 Å². The van der Waals surface area contributed by atoms with Gasteiger partial charge in [-0.3, -0.25) is 4.79 Å². The molecule has 1 N–H and O–H groups in total. The van der Waals surface area contributed by atoms with Gasteiger partial charge in [-0.2, -0.15) is 0 Å². The normalized spacial score (nSPS) is 14.9. The molecule has 0 unspecified atom stereocenters. The molecule has 0 radical (unpaired) electrons. The highest BCUT2D eigenvalue weighted by molar-refractivity contribution is 5.93. The highest BCUT2D eigenvalue weighted by atomic mass is 19.1. The van der Waals surface area contributed by atoms with E-state index < -0.39 is 0 Å². The van der Waals surface area contributed by atoms with Crippen molar-refractivity contribution >= 4 is 17.3 Å². The molecule has 27 heavy (non-hydrogen) atoms. The molecule has 0 spiro atoms. The summed E-state index contributed by atoms with van der Waals surface area (Å²) in [6, 6.07) is 12.4. The first-order valence-electron chi connectivity index (χ1n) is 9.21. The molecule has 1 fully saturated rings. The number of hydrogen-bond acceptors (Lipinski definition) is 4. The Labute approximate surface area is 159 Å². The van der Waals surface area contributed by atoms with Gasteiger partial charge in [-0.05, 0) is 43.3 Å². The van der Waals surface area contributed by atoms with Crippen LogP contribution < -0.4 is 15.0 Å². The van der Waals surface area contributed by atoms with Gasteiger partial charge in [0, 0.05) is 38.3 Å². The maximum atomic E-state index is 13.7. The Morgan fingerprint density at radius 3 is 2.59 bits per heavy atom. The molecule has 0 aliphatic carbocycles. The van der Waals surface area contributed by atoms with E-state index in [2.05, 4.69) is 22.2 Å². The van der Waals surface area contributed by atoms with Crippen LogP contribution in [0, 0.1) is 5.82 Å². The van der Waals surface area contributed by atoms with E-state index in [4.69, 9.17) is 4.74 Å². The summed E-state index contributed by atoms with van der Waals surface area (Å²) < 4.78 is 19.1. The lowest BCUT2D eigenvalue weighted by Gasteiger charge is -2.34. The van der Waals surface area contributed by atoms with Crippen molar-refractivity contribution in [3.8, 4) is 5.75 Å². The van der Waals surface area contributed by atoms with E-state index in [1.165, 1.54) is 6.07 Å². The van der Waals surface area contributed by atoms with Crippen LogP contribution in [0.15, 0.2) is 42.5 Å². The van der Waals surface area contributed by atoms with E-state index in [1.807, 2.05) is 18.2 Å². The van der Waals surface area contributed by atoms with Crippen molar-refractivity contribution in [3.63, 3.8) is 0 Å². The Balaban J connectivity index is 1.66. The summed E-state index contributed by atoms with van der Waals surface area (Å²) in [6.45, 7) is 3.92. The summed E-state index contributed by atoms with van der Waals surface area (Å²) >= 11 is 0. The standard InChI is InChI=1S/C21H26FN3O2/c1-24-11-13-25(14-12-24)17-8-9-20(27-2)19(15-17)23-21(26)10-7-16-5-3-4-6-18(16)22/h3-6,8-9,15H,7,10-14H2,1-2H3,(H,23,26). The quantitative estimate of drug-likeness (QED) is 0.847. The molecule has 1 amide bonds. The van der Waals surface area contributed by atoms with Crippen LogP contribution in [0.1, 0.15) is 12.0 Å². The number of anilines is 2. The van der Waals surface area contributed by atoms with Crippen LogP contribution in [0.3, 0.4) is 0 Å². The monoisotopic (exact) mass is 371 g/mol. The van der Waals surface area contributed by atoms with Gasteiger partial charge in [-0.1, -0.05) is 18.2 Å². The molecular weight excluding hydrogens is 345 g/mol. The van der Waals surface area contributed by atoms with Crippen LogP contribution in [0.4, 0.5) is 15.8 Å². The Bertz CT molecular complexity index is 789. The van der Waals surface area contributed by atoms with Crippen molar-refractivity contribution in [3.05, 3.63) is 53.8 Å². The van der Waals surface area contributed by atoms with Gasteiger partial charge in [0.2, 0.25) is 5.91 Å². The lowest BCUT2D eigenvalue weighted by molar-refractivity contribution is -0.116. The largest absolute Gasteiger partial charge is 0.495 e. The van der Waals surface area contributed by atoms with Gasteiger partial charge in [-0.25, -0.2) is 4.39 Å². The number of nitrogens with one attached hydrogen (secondary N) is 1. The van der Waals surface area contributed by atoms with Crippen LogP contribution in [-0.4, -0.2) is 51.1 Å². The van der Waals surface area contributed by atoms with Gasteiger partial charge in [0.25, 0.3) is 0 Å². The van der Waals surface area contributed by atoms with Crippen LogP contribution in [0.2, 0.25) is 0 Å². The van der Waals surface area contributed by atoms with Gasteiger partial charge in [0.15, 0.2) is 0 Å². The summed E-state index contributed by atoms with van der Waals surface area (Å²) in [5, 5.41) is 2.92. The molecule has 1 aliphatic heterocycles. The summed E-state index contributed by atoms with van der Waals surface area (Å²) in [5.41, 5.74) is 2.26. The number of ether oxygens (including phenoxy) is 1. The molecule has 3 rings (SSSR count). The first kappa shape index (κ1) is 19.2. The lowest BCUT2D eigenvalue weighted by atomic mass is 10.1. The van der Waals surface area contributed by atoms with E-state index in [-0.39, 0.29) is 18.1 Å². The fourth-order valence-electron chi connectivity index (χ4n) is 3.22. The first-order valence-corrected chi connectivity index (χ1v) is 9.21. The summed E-state index contributed by atoms with van der Waals surface area (Å²) in [4.78, 5) is 17.0.